The predicted molar refractivity (Wildman–Crippen MR) is 187 cm³/mol. The Labute approximate surface area is 316 Å². The fourth-order valence-corrected chi connectivity index (χ4v) is 6.29. The van der Waals surface area contributed by atoms with Crippen molar-refractivity contribution in [3.63, 3.8) is 0 Å². The van der Waals surface area contributed by atoms with E-state index in [-0.39, 0.29) is 34.6 Å². The van der Waals surface area contributed by atoms with Crippen molar-refractivity contribution in [1.82, 2.24) is 0 Å². The number of phenolic OH excluding ortho intramolecular Hbond substituents is 7. The Morgan fingerprint density at radius 3 is 1.88 bits per heavy atom. The Morgan fingerprint density at radius 2 is 1.32 bits per heavy atom. The van der Waals surface area contributed by atoms with E-state index in [1.165, 1.54) is 21.0 Å². The van der Waals surface area contributed by atoms with Gasteiger partial charge in [-0.3, -0.25) is 4.79 Å². The summed E-state index contributed by atoms with van der Waals surface area (Å²) in [7, 11) is 1.50. The maximum Gasteiger partial charge on any atom is 0.338 e. The maximum absolute atomic E-state index is 13.4. The summed E-state index contributed by atoms with van der Waals surface area (Å²) >= 11 is 0. The van der Waals surface area contributed by atoms with Crippen molar-refractivity contribution >= 4 is 17.7 Å². The molecular formula is C38H36O18. The smallest absolute Gasteiger partial charge is 0.338 e. The first kappa shape index (κ1) is 39.1. The maximum atomic E-state index is 13.4. The van der Waals surface area contributed by atoms with Crippen LogP contribution >= 0.6 is 0 Å². The topological polar surface area (TPSA) is 289 Å². The Hall–Kier alpha value is -6.63. The van der Waals surface area contributed by atoms with E-state index in [1.807, 2.05) is 0 Å². The van der Waals surface area contributed by atoms with Gasteiger partial charge < -0.3 is 74.4 Å². The SMILES string of the molecule is COc1ccc([C@@H]2CC(=O)c3c(O)c(C)c(O[C@@H]4OC(COC(=O)c5cc(O)c(O)c(O)c5)[C@@H](OC(=O)c5cc(O)c(O)c(O)c5)[C@H](O)C4O)c(C)c3O2)cc1. The summed E-state index contributed by atoms with van der Waals surface area (Å²) in [4.78, 5) is 39.4. The Kier molecular flexibility index (Phi) is 10.6. The number of methoxy groups -OCH3 is 1. The molecule has 0 bridgehead atoms. The molecule has 0 spiro atoms. The molecule has 1 saturated heterocycles. The molecule has 0 saturated carbocycles. The number of phenols is 7. The van der Waals surface area contributed by atoms with E-state index in [0.29, 0.717) is 11.3 Å². The van der Waals surface area contributed by atoms with Crippen LogP contribution in [0.5, 0.6) is 57.5 Å². The van der Waals surface area contributed by atoms with E-state index in [1.54, 1.807) is 24.3 Å². The van der Waals surface area contributed by atoms with Gasteiger partial charge in [0.05, 0.1) is 24.7 Å². The number of carbonyl (C=O) groups excluding carboxylic acids is 3. The van der Waals surface area contributed by atoms with Crippen LogP contribution in [0.3, 0.4) is 0 Å². The first-order chi connectivity index (χ1) is 26.5. The second-order valence-corrected chi connectivity index (χ2v) is 13.0. The fraction of sp³-hybridized carbons (Fsp3) is 0.289. The summed E-state index contributed by atoms with van der Waals surface area (Å²) in [5.74, 6) is -8.32. The molecule has 2 unspecified atom stereocenters. The lowest BCUT2D eigenvalue weighted by molar-refractivity contribution is -0.276. The van der Waals surface area contributed by atoms with Gasteiger partial charge in [-0.1, -0.05) is 12.1 Å². The molecule has 296 valence electrons. The van der Waals surface area contributed by atoms with E-state index in [2.05, 4.69) is 0 Å². The van der Waals surface area contributed by atoms with E-state index < -0.39 is 113 Å². The van der Waals surface area contributed by atoms with Crippen LogP contribution in [0, 0.1) is 13.8 Å². The number of aliphatic hydroxyl groups excluding tert-OH is 2. The minimum atomic E-state index is -2.06. The molecule has 18 heteroatoms. The van der Waals surface area contributed by atoms with Crippen molar-refractivity contribution in [3.05, 3.63) is 81.9 Å². The monoisotopic (exact) mass is 780 g/mol. The quantitative estimate of drug-likeness (QED) is 0.0871. The molecule has 2 heterocycles. The van der Waals surface area contributed by atoms with Crippen molar-refractivity contribution in [2.75, 3.05) is 13.7 Å². The van der Waals surface area contributed by atoms with Crippen LogP contribution in [-0.2, 0) is 14.2 Å². The second-order valence-electron chi connectivity index (χ2n) is 13.0. The molecule has 2 aliphatic rings. The van der Waals surface area contributed by atoms with Crippen molar-refractivity contribution in [3.8, 4) is 57.5 Å². The zero-order valence-electron chi connectivity index (χ0n) is 29.7. The molecule has 6 rings (SSSR count). The number of hydrogen-bond acceptors (Lipinski definition) is 18. The second kappa shape index (κ2) is 15.2. The van der Waals surface area contributed by atoms with Gasteiger partial charge in [-0.25, -0.2) is 9.59 Å². The summed E-state index contributed by atoms with van der Waals surface area (Å²) in [6.45, 7) is 2.08. The molecular weight excluding hydrogens is 744 g/mol. The van der Waals surface area contributed by atoms with E-state index >= 15 is 0 Å². The fourth-order valence-electron chi connectivity index (χ4n) is 6.29. The third kappa shape index (κ3) is 7.27. The Bertz CT molecular complexity index is 2150. The first-order valence-electron chi connectivity index (χ1n) is 16.8. The highest BCUT2D eigenvalue weighted by Gasteiger charge is 2.49. The number of ether oxygens (including phenoxy) is 6. The molecule has 2 aliphatic heterocycles. The highest BCUT2D eigenvalue weighted by atomic mass is 16.7. The lowest BCUT2D eigenvalue weighted by Crippen LogP contribution is -2.61. The molecule has 9 N–H and O–H groups in total. The molecule has 0 aliphatic carbocycles. The first-order valence-corrected chi connectivity index (χ1v) is 16.8. The van der Waals surface area contributed by atoms with Crippen LogP contribution in [-0.4, -0.2) is 108 Å². The summed E-state index contributed by atoms with van der Waals surface area (Å²) < 4.78 is 34.0. The zero-order valence-corrected chi connectivity index (χ0v) is 29.7. The van der Waals surface area contributed by atoms with Crippen LogP contribution < -0.4 is 14.2 Å². The minimum absolute atomic E-state index is 0.0240. The lowest BCUT2D eigenvalue weighted by atomic mass is 9.91. The number of ketones is 1. The summed E-state index contributed by atoms with van der Waals surface area (Å²) in [5.41, 5.74) is -0.193. The predicted octanol–water partition coefficient (Wildman–Crippen LogP) is 2.87. The van der Waals surface area contributed by atoms with Crippen LogP contribution in [0.1, 0.15) is 60.3 Å². The van der Waals surface area contributed by atoms with Crippen LogP contribution in [0.25, 0.3) is 0 Å². The molecule has 4 aromatic rings. The molecule has 0 aromatic heterocycles. The average Bonchev–Trinajstić information content (AvgIpc) is 3.17. The van der Waals surface area contributed by atoms with Gasteiger partial charge in [0.15, 0.2) is 46.4 Å². The number of aromatic hydroxyl groups is 7. The standard InChI is InChI=1S/C38H36O18/c1-14-28(44)27-20(39)12-25(16-4-6-19(51-3)7-5-16)53-34(27)15(2)33(14)56-38-32(48)31(47)35(55-37(50)18-10-23(42)30(46)24(43)11-18)26(54-38)13-52-36(49)17-8-21(40)29(45)22(41)9-17/h4-11,25-26,31-32,35,38,40-48H,12-13H2,1-3H3/t25-,26?,31+,32?,35+,38-/m0/s1. The van der Waals surface area contributed by atoms with E-state index in [9.17, 15) is 60.3 Å². The normalized spacial score (nSPS) is 21.7. The van der Waals surface area contributed by atoms with Gasteiger partial charge in [0.25, 0.3) is 0 Å². The molecule has 56 heavy (non-hydrogen) atoms. The Balaban J connectivity index is 1.30. The minimum Gasteiger partial charge on any atom is -0.507 e. The van der Waals surface area contributed by atoms with E-state index in [0.717, 1.165) is 24.3 Å². The number of esters is 2. The molecule has 1 fully saturated rings. The van der Waals surface area contributed by atoms with Gasteiger partial charge >= 0.3 is 11.9 Å². The Morgan fingerprint density at radius 1 is 0.768 bits per heavy atom. The molecule has 6 atom stereocenters. The summed E-state index contributed by atoms with van der Waals surface area (Å²) in [6.07, 6.45) is -10.3. The number of carbonyl (C=O) groups is 3. The van der Waals surface area contributed by atoms with Crippen LogP contribution in [0.2, 0.25) is 0 Å². The lowest BCUT2D eigenvalue weighted by Gasteiger charge is -2.42. The van der Waals surface area contributed by atoms with Gasteiger partial charge in [0.2, 0.25) is 6.29 Å². The van der Waals surface area contributed by atoms with Crippen molar-refractivity contribution in [1.29, 1.82) is 0 Å². The number of Topliss-reactive ketones (excluding diaryl/α,β-unsaturated/α-hetero) is 1. The number of hydrogen-bond donors (Lipinski definition) is 9. The van der Waals surface area contributed by atoms with Gasteiger partial charge in [-0.2, -0.15) is 0 Å². The van der Waals surface area contributed by atoms with Crippen molar-refractivity contribution < 1.29 is 88.8 Å². The van der Waals surface area contributed by atoms with Gasteiger partial charge in [0, 0.05) is 11.1 Å². The molecule has 0 amide bonds. The van der Waals surface area contributed by atoms with E-state index in [4.69, 9.17) is 28.4 Å². The highest BCUT2D eigenvalue weighted by molar-refractivity contribution is 6.04. The third-order valence-corrected chi connectivity index (χ3v) is 9.35. The van der Waals surface area contributed by atoms with Crippen molar-refractivity contribution in [2.24, 2.45) is 0 Å². The number of aliphatic hydroxyl groups is 2. The molecule has 4 aromatic carbocycles. The number of benzene rings is 4. The largest absolute Gasteiger partial charge is 0.507 e. The zero-order chi connectivity index (χ0) is 40.7. The number of fused-ring (bicyclic) bond motifs is 1. The van der Waals surface area contributed by atoms with Crippen LogP contribution in [0.15, 0.2) is 48.5 Å². The number of rotatable bonds is 9. The average molecular weight is 781 g/mol. The highest BCUT2D eigenvalue weighted by Crippen LogP contribution is 2.48. The van der Waals surface area contributed by atoms with Gasteiger partial charge in [-0.05, 0) is 55.8 Å². The third-order valence-electron chi connectivity index (χ3n) is 9.35. The molecule has 18 nitrogen and oxygen atoms in total. The van der Waals surface area contributed by atoms with Gasteiger partial charge in [0.1, 0.15) is 59.6 Å². The van der Waals surface area contributed by atoms with Crippen molar-refractivity contribution in [2.45, 2.75) is 57.1 Å². The van der Waals surface area contributed by atoms with Gasteiger partial charge in [-0.15, -0.1) is 0 Å². The van der Waals surface area contributed by atoms with Crippen LogP contribution in [0.4, 0.5) is 0 Å². The molecule has 0 radical (unpaired) electrons. The summed E-state index contributed by atoms with van der Waals surface area (Å²) in [6, 6.07) is 9.86. The summed E-state index contributed by atoms with van der Waals surface area (Å²) in [5, 5.41) is 92.6.